The number of rotatable bonds is 4. The molecule has 0 bridgehead atoms. The number of hydrogen-bond acceptors (Lipinski definition) is 2. The fraction of sp³-hybridized carbons (Fsp3) is 0.647. The van der Waals surface area contributed by atoms with Crippen molar-refractivity contribution in [2.24, 2.45) is 5.73 Å². The topological polar surface area (TPSA) is 35.2 Å². The van der Waals surface area contributed by atoms with E-state index >= 15 is 0 Å². The quantitative estimate of drug-likeness (QED) is 0.885. The zero-order valence-corrected chi connectivity index (χ0v) is 12.8. The maximum absolute atomic E-state index is 6.63. The molecule has 0 atom stereocenters. The van der Waals surface area contributed by atoms with Gasteiger partial charge in [-0.15, -0.1) is 0 Å². The molecular weight excluding hydrogens is 234 g/mol. The lowest BCUT2D eigenvalue weighted by Crippen LogP contribution is -2.34. The molecule has 1 saturated carbocycles. The summed E-state index contributed by atoms with van der Waals surface area (Å²) in [6.07, 6.45) is 5.71. The molecule has 2 N–H and O–H groups in total. The molecule has 2 nitrogen and oxygen atoms in total. The minimum Gasteiger partial charge on any atom is -0.496 e. The number of nitrogens with two attached hydrogens (primary N) is 1. The summed E-state index contributed by atoms with van der Waals surface area (Å²) in [5.74, 6) is 0.944. The van der Waals surface area contributed by atoms with Gasteiger partial charge in [-0.05, 0) is 42.4 Å². The van der Waals surface area contributed by atoms with Gasteiger partial charge in [-0.3, -0.25) is 0 Å². The minimum atomic E-state index is -0.189. The molecular formula is C17H27NO. The molecule has 0 saturated heterocycles. The van der Waals surface area contributed by atoms with Gasteiger partial charge in [0.1, 0.15) is 5.75 Å². The Balaban J connectivity index is 2.48. The molecule has 0 heterocycles. The molecule has 106 valence electrons. The van der Waals surface area contributed by atoms with Gasteiger partial charge < -0.3 is 10.5 Å². The van der Waals surface area contributed by atoms with Gasteiger partial charge in [0, 0.05) is 11.1 Å². The molecule has 0 spiro atoms. The summed E-state index contributed by atoms with van der Waals surface area (Å²) >= 11 is 0. The van der Waals surface area contributed by atoms with E-state index in [-0.39, 0.29) is 11.0 Å². The Morgan fingerprint density at radius 1 is 1.26 bits per heavy atom. The summed E-state index contributed by atoms with van der Waals surface area (Å²) < 4.78 is 5.54. The van der Waals surface area contributed by atoms with Crippen molar-refractivity contribution in [3.05, 3.63) is 29.3 Å². The Kier molecular flexibility index (Phi) is 3.91. The van der Waals surface area contributed by atoms with Crippen LogP contribution in [0.3, 0.4) is 0 Å². The molecule has 0 unspecified atom stereocenters. The number of methoxy groups -OCH3 is 1. The van der Waals surface area contributed by atoms with Crippen LogP contribution in [-0.2, 0) is 11.0 Å². The van der Waals surface area contributed by atoms with Crippen LogP contribution < -0.4 is 10.5 Å². The average molecular weight is 261 g/mol. The highest BCUT2D eigenvalue weighted by Crippen LogP contribution is 2.42. The number of benzene rings is 1. The molecule has 1 fully saturated rings. The summed E-state index contributed by atoms with van der Waals surface area (Å²) in [7, 11) is 1.74. The second kappa shape index (κ2) is 5.16. The molecule has 0 radical (unpaired) electrons. The highest BCUT2D eigenvalue weighted by Gasteiger charge is 2.34. The first kappa shape index (κ1) is 14.4. The summed E-state index contributed by atoms with van der Waals surface area (Å²) in [5.41, 5.74) is 9.20. The van der Waals surface area contributed by atoms with Crippen LogP contribution in [0.1, 0.15) is 64.0 Å². The van der Waals surface area contributed by atoms with Crippen molar-refractivity contribution in [3.63, 3.8) is 0 Å². The van der Waals surface area contributed by atoms with E-state index in [4.69, 9.17) is 10.5 Å². The summed E-state index contributed by atoms with van der Waals surface area (Å²) in [6, 6.07) is 6.56. The van der Waals surface area contributed by atoms with Crippen LogP contribution in [0.5, 0.6) is 5.75 Å². The molecule has 1 aliphatic carbocycles. The van der Waals surface area contributed by atoms with Gasteiger partial charge in [0.2, 0.25) is 0 Å². The van der Waals surface area contributed by atoms with Crippen molar-refractivity contribution in [2.75, 3.05) is 7.11 Å². The van der Waals surface area contributed by atoms with Crippen LogP contribution >= 0.6 is 0 Å². The number of ether oxygens (including phenoxy) is 1. The standard InChI is InChI=1S/C17H27NO/c1-5-16(2,3)13-8-9-15(19-4)14(12-13)17(18)10-6-7-11-17/h8-9,12H,5-7,10-11,18H2,1-4H3. The third kappa shape index (κ3) is 2.64. The third-order valence-corrected chi connectivity index (χ3v) is 4.90. The van der Waals surface area contributed by atoms with E-state index < -0.39 is 0 Å². The van der Waals surface area contributed by atoms with Crippen molar-refractivity contribution in [1.29, 1.82) is 0 Å². The Labute approximate surface area is 117 Å². The van der Waals surface area contributed by atoms with Gasteiger partial charge in [0.15, 0.2) is 0 Å². The van der Waals surface area contributed by atoms with Crippen molar-refractivity contribution in [3.8, 4) is 5.75 Å². The first-order chi connectivity index (χ1) is 8.93. The third-order valence-electron chi connectivity index (χ3n) is 4.90. The van der Waals surface area contributed by atoms with Gasteiger partial charge in [0.25, 0.3) is 0 Å². The normalized spacial score (nSPS) is 18.6. The maximum atomic E-state index is 6.63. The Morgan fingerprint density at radius 3 is 2.42 bits per heavy atom. The second-order valence-corrected chi connectivity index (χ2v) is 6.52. The molecule has 0 aliphatic heterocycles. The van der Waals surface area contributed by atoms with Crippen molar-refractivity contribution in [1.82, 2.24) is 0 Å². The minimum absolute atomic E-state index is 0.189. The fourth-order valence-electron chi connectivity index (χ4n) is 3.00. The Hall–Kier alpha value is -1.02. The van der Waals surface area contributed by atoms with Gasteiger partial charge in [-0.1, -0.05) is 39.7 Å². The molecule has 0 amide bonds. The lowest BCUT2D eigenvalue weighted by molar-refractivity contribution is 0.377. The summed E-state index contributed by atoms with van der Waals surface area (Å²) in [4.78, 5) is 0. The zero-order chi connectivity index (χ0) is 14.1. The summed E-state index contributed by atoms with van der Waals surface area (Å²) in [5, 5.41) is 0. The van der Waals surface area contributed by atoms with Crippen LogP contribution in [0.25, 0.3) is 0 Å². The SMILES string of the molecule is CCC(C)(C)c1ccc(OC)c(C2(N)CCCC2)c1. The van der Waals surface area contributed by atoms with Gasteiger partial charge in [-0.25, -0.2) is 0 Å². The second-order valence-electron chi connectivity index (χ2n) is 6.52. The van der Waals surface area contributed by atoms with Gasteiger partial charge >= 0.3 is 0 Å². The molecule has 1 aromatic rings. The van der Waals surface area contributed by atoms with E-state index in [0.717, 1.165) is 25.0 Å². The maximum Gasteiger partial charge on any atom is 0.123 e. The van der Waals surface area contributed by atoms with E-state index in [1.54, 1.807) is 7.11 Å². The highest BCUT2D eigenvalue weighted by atomic mass is 16.5. The smallest absolute Gasteiger partial charge is 0.123 e. The van der Waals surface area contributed by atoms with Crippen molar-refractivity contribution >= 4 is 0 Å². The molecule has 2 heteroatoms. The number of hydrogen-bond donors (Lipinski definition) is 1. The van der Waals surface area contributed by atoms with Gasteiger partial charge in [-0.2, -0.15) is 0 Å². The van der Waals surface area contributed by atoms with Crippen molar-refractivity contribution < 1.29 is 4.74 Å². The van der Waals surface area contributed by atoms with Crippen LogP contribution in [0.4, 0.5) is 0 Å². The monoisotopic (exact) mass is 261 g/mol. The van der Waals surface area contributed by atoms with E-state index in [1.807, 2.05) is 0 Å². The van der Waals surface area contributed by atoms with E-state index in [2.05, 4.69) is 39.0 Å². The van der Waals surface area contributed by atoms with Crippen LogP contribution in [-0.4, -0.2) is 7.11 Å². The molecule has 0 aromatic heterocycles. The first-order valence-corrected chi connectivity index (χ1v) is 7.41. The van der Waals surface area contributed by atoms with Crippen LogP contribution in [0.2, 0.25) is 0 Å². The Bertz CT molecular complexity index is 445. The summed E-state index contributed by atoms with van der Waals surface area (Å²) in [6.45, 7) is 6.81. The van der Waals surface area contributed by atoms with Gasteiger partial charge in [0.05, 0.1) is 7.11 Å². The van der Waals surface area contributed by atoms with Crippen LogP contribution in [0, 0.1) is 0 Å². The average Bonchev–Trinajstić information content (AvgIpc) is 2.86. The molecule has 2 rings (SSSR count). The van der Waals surface area contributed by atoms with E-state index in [0.29, 0.717) is 0 Å². The van der Waals surface area contributed by atoms with Crippen molar-refractivity contribution in [2.45, 2.75) is 63.8 Å². The predicted molar refractivity (Wildman–Crippen MR) is 80.6 cm³/mol. The van der Waals surface area contributed by atoms with Crippen LogP contribution in [0.15, 0.2) is 18.2 Å². The lowest BCUT2D eigenvalue weighted by Gasteiger charge is -2.30. The molecule has 1 aromatic carbocycles. The van der Waals surface area contributed by atoms with E-state index in [9.17, 15) is 0 Å². The lowest BCUT2D eigenvalue weighted by atomic mass is 9.79. The highest BCUT2D eigenvalue weighted by molar-refractivity contribution is 5.44. The zero-order valence-electron chi connectivity index (χ0n) is 12.8. The molecule has 1 aliphatic rings. The fourth-order valence-corrected chi connectivity index (χ4v) is 3.00. The predicted octanol–water partition coefficient (Wildman–Crippen LogP) is 4.11. The largest absolute Gasteiger partial charge is 0.496 e. The van der Waals surface area contributed by atoms with E-state index in [1.165, 1.54) is 24.0 Å². The first-order valence-electron chi connectivity index (χ1n) is 7.41. The molecule has 19 heavy (non-hydrogen) atoms. The Morgan fingerprint density at radius 2 is 1.89 bits per heavy atom.